The Morgan fingerprint density at radius 3 is 2.33 bits per heavy atom. The molecule has 10 heteroatoms. The van der Waals surface area contributed by atoms with Crippen molar-refractivity contribution in [2.75, 3.05) is 6.61 Å². The standard InChI is InChI=1S/C32H45N5O5/c1-21-9-4-2-3-5-10-22(17-21)36-23-11-8-12-24(36)19-25(18-23)37-28-14-7-6-13-26(28)34-31(32(37)41)27(15-16-30(39)40)35-42-20-29(33)38/h6-7,13-14,21-25H,2-5,8-12,15-20H2,1H3,(H2,33,38)(H,39,40)/b35-27+/t21-,22-,23-,24+,25?/m1/s1. The summed E-state index contributed by atoms with van der Waals surface area (Å²) in [5.74, 6) is -1.01. The first kappa shape index (κ1) is 30.2. The van der Waals surface area contributed by atoms with Crippen molar-refractivity contribution < 1.29 is 19.5 Å². The van der Waals surface area contributed by atoms with E-state index in [-0.39, 0.29) is 35.8 Å². The summed E-state index contributed by atoms with van der Waals surface area (Å²) in [6.45, 7) is 1.95. The van der Waals surface area contributed by atoms with Gasteiger partial charge in [0.25, 0.3) is 11.5 Å². The van der Waals surface area contributed by atoms with Crippen LogP contribution in [-0.4, -0.2) is 61.9 Å². The lowest BCUT2D eigenvalue weighted by Crippen LogP contribution is -2.57. The third kappa shape index (κ3) is 7.02. The maximum atomic E-state index is 14.2. The zero-order valence-corrected chi connectivity index (χ0v) is 24.7. The van der Waals surface area contributed by atoms with Gasteiger partial charge in [0, 0.05) is 30.6 Å². The number of piperidine rings is 2. The van der Waals surface area contributed by atoms with Crippen molar-refractivity contribution in [3.63, 3.8) is 0 Å². The number of nitrogens with two attached hydrogens (primary N) is 1. The van der Waals surface area contributed by atoms with E-state index in [2.05, 4.69) is 22.0 Å². The molecular weight excluding hydrogens is 534 g/mol. The minimum absolute atomic E-state index is 0.00304. The Morgan fingerprint density at radius 1 is 0.952 bits per heavy atom. The van der Waals surface area contributed by atoms with Gasteiger partial charge in [-0.15, -0.1) is 0 Å². The fourth-order valence-corrected chi connectivity index (χ4v) is 7.70. The predicted molar refractivity (Wildman–Crippen MR) is 161 cm³/mol. The molecule has 42 heavy (non-hydrogen) atoms. The molecule has 1 aromatic heterocycles. The van der Waals surface area contributed by atoms with Gasteiger partial charge in [-0.2, -0.15) is 0 Å². The number of carboxylic acids is 1. The fraction of sp³-hybridized carbons (Fsp3) is 0.656. The highest BCUT2D eigenvalue weighted by Gasteiger charge is 2.43. The summed E-state index contributed by atoms with van der Waals surface area (Å²) in [5, 5.41) is 13.3. The molecule has 3 aliphatic rings. The molecular formula is C32H45N5O5. The second-order valence-electron chi connectivity index (χ2n) is 12.6. The topological polar surface area (TPSA) is 140 Å². The Balaban J connectivity index is 1.50. The van der Waals surface area contributed by atoms with E-state index in [0.29, 0.717) is 23.6 Å². The number of carbonyl (C=O) groups excluding carboxylic acids is 1. The third-order valence-corrected chi connectivity index (χ3v) is 9.48. The molecule has 5 atom stereocenters. The van der Waals surface area contributed by atoms with Crippen LogP contribution in [0, 0.1) is 5.92 Å². The number of carboxylic acid groups (broad SMARTS) is 1. The normalized spacial score (nSPS) is 27.5. The van der Waals surface area contributed by atoms with Gasteiger partial charge in [-0.3, -0.25) is 19.3 Å². The molecule has 1 unspecified atom stereocenters. The highest BCUT2D eigenvalue weighted by molar-refractivity contribution is 6.00. The van der Waals surface area contributed by atoms with E-state index in [4.69, 9.17) is 10.6 Å². The van der Waals surface area contributed by atoms with Crippen LogP contribution in [0.25, 0.3) is 11.0 Å². The highest BCUT2D eigenvalue weighted by atomic mass is 16.6. The van der Waals surface area contributed by atoms with Crippen LogP contribution in [0.15, 0.2) is 34.2 Å². The summed E-state index contributed by atoms with van der Waals surface area (Å²) >= 11 is 0. The van der Waals surface area contributed by atoms with E-state index in [1.54, 1.807) is 0 Å². The highest BCUT2D eigenvalue weighted by Crippen LogP contribution is 2.43. The van der Waals surface area contributed by atoms with Gasteiger partial charge in [-0.05, 0) is 56.6 Å². The Labute approximate surface area is 247 Å². The first-order valence-corrected chi connectivity index (χ1v) is 15.8. The van der Waals surface area contributed by atoms with Crippen LogP contribution in [0.3, 0.4) is 0 Å². The lowest BCUT2D eigenvalue weighted by atomic mass is 9.78. The smallest absolute Gasteiger partial charge is 0.303 e. The number of para-hydroxylation sites is 2. The number of aliphatic carboxylic acids is 1. The summed E-state index contributed by atoms with van der Waals surface area (Å²) < 4.78 is 1.89. The number of nitrogens with zero attached hydrogens (tertiary/aromatic N) is 4. The zero-order valence-electron chi connectivity index (χ0n) is 24.7. The van der Waals surface area contributed by atoms with Gasteiger partial charge in [-0.1, -0.05) is 62.7 Å². The molecule has 1 aromatic carbocycles. The molecule has 0 radical (unpaired) electrons. The summed E-state index contributed by atoms with van der Waals surface area (Å²) in [6, 6.07) is 9.06. The SMILES string of the molecule is C[C@@H]1CCCCCC[C@@H](N2[C@@H]3CCC[C@H]2CC(n2c(=O)c(/C(CCC(=O)O)=N/OCC(N)=O)nc4ccccc42)C3)C1. The number of benzene rings is 1. The molecule has 2 saturated heterocycles. The van der Waals surface area contributed by atoms with E-state index in [1.165, 1.54) is 51.4 Å². The van der Waals surface area contributed by atoms with E-state index in [9.17, 15) is 19.5 Å². The third-order valence-electron chi connectivity index (χ3n) is 9.48. The number of primary amides is 1. The number of rotatable bonds is 9. The van der Waals surface area contributed by atoms with Gasteiger partial charge in [0.2, 0.25) is 0 Å². The van der Waals surface area contributed by atoms with E-state index in [1.807, 2.05) is 28.8 Å². The molecule has 0 spiro atoms. The summed E-state index contributed by atoms with van der Waals surface area (Å²) in [5.41, 5.74) is 6.49. The summed E-state index contributed by atoms with van der Waals surface area (Å²) in [4.78, 5) is 49.5. The van der Waals surface area contributed by atoms with Crippen LogP contribution in [0.5, 0.6) is 0 Å². The molecule has 3 N–H and O–H groups in total. The van der Waals surface area contributed by atoms with Crippen molar-refractivity contribution in [3.8, 4) is 0 Å². The minimum atomic E-state index is -1.03. The average Bonchev–Trinajstić information content (AvgIpc) is 3.05. The Morgan fingerprint density at radius 2 is 1.62 bits per heavy atom. The Hall–Kier alpha value is -3.27. The van der Waals surface area contributed by atoms with Gasteiger partial charge in [0.1, 0.15) is 5.71 Å². The number of aromatic nitrogens is 2. The van der Waals surface area contributed by atoms with Gasteiger partial charge >= 0.3 is 5.97 Å². The Kier molecular flexibility index (Phi) is 9.92. The van der Waals surface area contributed by atoms with Crippen molar-refractivity contribution in [2.45, 2.75) is 121 Å². The van der Waals surface area contributed by atoms with Crippen LogP contribution < -0.4 is 11.3 Å². The fourth-order valence-electron chi connectivity index (χ4n) is 7.70. The molecule has 2 aromatic rings. The summed E-state index contributed by atoms with van der Waals surface area (Å²) in [7, 11) is 0. The minimum Gasteiger partial charge on any atom is -0.481 e. The monoisotopic (exact) mass is 579 g/mol. The lowest BCUT2D eigenvalue weighted by Gasteiger charge is -2.53. The number of fused-ring (bicyclic) bond motifs is 3. The van der Waals surface area contributed by atoms with Crippen molar-refractivity contribution in [2.24, 2.45) is 16.8 Å². The van der Waals surface area contributed by atoms with E-state index >= 15 is 0 Å². The molecule has 5 rings (SSSR count). The van der Waals surface area contributed by atoms with Gasteiger partial charge < -0.3 is 20.2 Å². The lowest BCUT2D eigenvalue weighted by molar-refractivity contribution is -0.136. The summed E-state index contributed by atoms with van der Waals surface area (Å²) in [6.07, 6.45) is 14.1. The van der Waals surface area contributed by atoms with E-state index < -0.39 is 18.5 Å². The molecule has 2 aliphatic heterocycles. The maximum absolute atomic E-state index is 14.2. The largest absolute Gasteiger partial charge is 0.481 e. The quantitative estimate of drug-likeness (QED) is 0.322. The van der Waals surface area contributed by atoms with Crippen LogP contribution in [0.4, 0.5) is 0 Å². The maximum Gasteiger partial charge on any atom is 0.303 e. The van der Waals surface area contributed by atoms with Crippen molar-refractivity contribution in [1.82, 2.24) is 14.5 Å². The van der Waals surface area contributed by atoms with Gasteiger partial charge in [-0.25, -0.2) is 4.98 Å². The van der Waals surface area contributed by atoms with E-state index in [0.717, 1.165) is 37.1 Å². The molecule has 3 heterocycles. The number of oxime groups is 1. The molecule has 228 valence electrons. The van der Waals surface area contributed by atoms with Gasteiger partial charge in [0.05, 0.1) is 17.5 Å². The molecule has 2 bridgehead atoms. The second-order valence-corrected chi connectivity index (χ2v) is 12.6. The molecule has 1 saturated carbocycles. The Bertz CT molecular complexity index is 1340. The van der Waals surface area contributed by atoms with Gasteiger partial charge in [0.15, 0.2) is 12.3 Å². The number of hydrogen-bond acceptors (Lipinski definition) is 7. The van der Waals surface area contributed by atoms with Crippen LogP contribution in [-0.2, 0) is 14.4 Å². The predicted octanol–water partition coefficient (Wildman–Crippen LogP) is 4.77. The molecule has 3 fully saturated rings. The van der Waals surface area contributed by atoms with Crippen molar-refractivity contribution >= 4 is 28.6 Å². The molecule has 1 amide bonds. The van der Waals surface area contributed by atoms with Crippen LogP contribution in [0.2, 0.25) is 0 Å². The first-order valence-electron chi connectivity index (χ1n) is 15.8. The number of amides is 1. The molecule has 1 aliphatic carbocycles. The second kappa shape index (κ2) is 13.8. The number of carbonyl (C=O) groups is 2. The van der Waals surface area contributed by atoms with Crippen LogP contribution in [0.1, 0.15) is 109 Å². The van der Waals surface area contributed by atoms with Crippen molar-refractivity contribution in [1.29, 1.82) is 0 Å². The first-order chi connectivity index (χ1) is 20.3. The van der Waals surface area contributed by atoms with Crippen molar-refractivity contribution in [3.05, 3.63) is 40.3 Å². The zero-order chi connectivity index (χ0) is 29.6. The average molecular weight is 580 g/mol. The van der Waals surface area contributed by atoms with Crippen LogP contribution >= 0.6 is 0 Å². The molecule has 10 nitrogen and oxygen atoms in total. The number of hydrogen-bond donors (Lipinski definition) is 2.